The second-order valence-corrected chi connectivity index (χ2v) is 7.96. The average molecular weight is 404 g/mol. The molecule has 1 amide bonds. The molecule has 0 saturated carbocycles. The Morgan fingerprint density at radius 2 is 2.22 bits per heavy atom. The summed E-state index contributed by atoms with van der Waals surface area (Å²) in [6.07, 6.45) is 3.17. The van der Waals surface area contributed by atoms with E-state index in [4.69, 9.17) is 16.4 Å². The third-order valence-corrected chi connectivity index (χ3v) is 6.25. The van der Waals surface area contributed by atoms with E-state index >= 15 is 0 Å². The van der Waals surface area contributed by atoms with Gasteiger partial charge in [0.2, 0.25) is 6.10 Å². The van der Waals surface area contributed by atoms with Crippen molar-refractivity contribution in [1.82, 2.24) is 0 Å². The van der Waals surface area contributed by atoms with E-state index in [0.29, 0.717) is 16.3 Å². The fourth-order valence-electron chi connectivity index (χ4n) is 3.40. The van der Waals surface area contributed by atoms with Crippen LogP contribution in [0.25, 0.3) is 0 Å². The van der Waals surface area contributed by atoms with E-state index in [-0.39, 0.29) is 17.0 Å². The first-order valence-electron chi connectivity index (χ1n) is 8.61. The molecule has 0 spiro atoms. The summed E-state index contributed by atoms with van der Waals surface area (Å²) in [5.41, 5.74) is 2.04. The second-order valence-electron chi connectivity index (χ2n) is 6.45. The first-order chi connectivity index (χ1) is 13.1. The average Bonchev–Trinajstić information content (AvgIpc) is 3.26. The van der Waals surface area contributed by atoms with Gasteiger partial charge in [-0.3, -0.25) is 4.79 Å². The molecule has 5 nitrogen and oxygen atoms in total. The molecule has 0 fully saturated rings. The predicted molar refractivity (Wildman–Crippen MR) is 102 cm³/mol. The number of halogens is 2. The quantitative estimate of drug-likeness (QED) is 0.824. The lowest BCUT2D eigenvalue weighted by Gasteiger charge is -2.10. The summed E-state index contributed by atoms with van der Waals surface area (Å²) in [6.45, 7) is 0. The first-order valence-corrected chi connectivity index (χ1v) is 9.80. The highest BCUT2D eigenvalue weighted by atomic mass is 35.5. The third kappa shape index (κ3) is 3.31. The van der Waals surface area contributed by atoms with Crippen LogP contribution in [0.4, 0.5) is 9.39 Å². The number of oxime groups is 1. The van der Waals surface area contributed by atoms with Crippen LogP contribution in [0.1, 0.15) is 40.8 Å². The molecule has 8 heteroatoms. The highest BCUT2D eigenvalue weighted by Crippen LogP contribution is 2.38. The molecule has 1 aliphatic heterocycles. The Kier molecular flexibility index (Phi) is 4.85. The first kappa shape index (κ1) is 18.0. The van der Waals surface area contributed by atoms with Crippen molar-refractivity contribution in [3.8, 4) is 6.07 Å². The topological polar surface area (TPSA) is 74.5 Å². The van der Waals surface area contributed by atoms with E-state index in [2.05, 4.69) is 16.5 Å². The number of thiophene rings is 1. The number of anilines is 1. The van der Waals surface area contributed by atoms with Gasteiger partial charge in [-0.2, -0.15) is 5.26 Å². The lowest BCUT2D eigenvalue weighted by Crippen LogP contribution is -2.28. The minimum absolute atomic E-state index is 0.111. The molecule has 1 aromatic heterocycles. The number of hydrogen-bond acceptors (Lipinski definition) is 5. The molecular formula is C19H15ClFN3O2S. The van der Waals surface area contributed by atoms with Crippen molar-refractivity contribution >= 4 is 39.6 Å². The number of amides is 1. The van der Waals surface area contributed by atoms with Gasteiger partial charge in [0.15, 0.2) is 0 Å². The fraction of sp³-hybridized carbons (Fsp3) is 0.316. The minimum atomic E-state index is -0.888. The zero-order valence-corrected chi connectivity index (χ0v) is 15.8. The summed E-state index contributed by atoms with van der Waals surface area (Å²) < 4.78 is 14.1. The summed E-state index contributed by atoms with van der Waals surface area (Å²) in [5.74, 6) is -0.917. The minimum Gasteiger partial charge on any atom is -0.382 e. The van der Waals surface area contributed by atoms with Crippen LogP contribution in [0, 0.1) is 17.1 Å². The van der Waals surface area contributed by atoms with Crippen molar-refractivity contribution in [3.05, 3.63) is 50.6 Å². The summed E-state index contributed by atoms with van der Waals surface area (Å²) in [4.78, 5) is 19.0. The maximum absolute atomic E-state index is 14.1. The van der Waals surface area contributed by atoms with Gasteiger partial charge in [-0.1, -0.05) is 22.8 Å². The Morgan fingerprint density at radius 1 is 1.41 bits per heavy atom. The molecule has 2 aromatic rings. The van der Waals surface area contributed by atoms with Crippen LogP contribution in [0.5, 0.6) is 0 Å². The number of aryl methyl sites for hydroxylation is 1. The zero-order chi connectivity index (χ0) is 19.0. The maximum atomic E-state index is 14.1. The van der Waals surface area contributed by atoms with Crippen molar-refractivity contribution in [2.45, 2.75) is 38.2 Å². The smallest absolute Gasteiger partial charge is 0.269 e. The molecule has 1 N–H and O–H groups in total. The van der Waals surface area contributed by atoms with Gasteiger partial charge in [-0.15, -0.1) is 11.3 Å². The highest BCUT2D eigenvalue weighted by molar-refractivity contribution is 7.16. The molecule has 2 heterocycles. The molecule has 2 aliphatic rings. The second kappa shape index (κ2) is 7.29. The van der Waals surface area contributed by atoms with Gasteiger partial charge in [-0.05, 0) is 43.4 Å². The Morgan fingerprint density at radius 3 is 3.00 bits per heavy atom. The van der Waals surface area contributed by atoms with E-state index < -0.39 is 17.8 Å². The molecule has 1 atom stereocenters. The number of nitriles is 1. The molecule has 1 aliphatic carbocycles. The Bertz CT molecular complexity index is 975. The van der Waals surface area contributed by atoms with Crippen molar-refractivity contribution < 1.29 is 14.0 Å². The van der Waals surface area contributed by atoms with Gasteiger partial charge >= 0.3 is 0 Å². The maximum Gasteiger partial charge on any atom is 0.269 e. The normalized spacial score (nSPS) is 18.3. The third-order valence-electron chi connectivity index (χ3n) is 4.73. The van der Waals surface area contributed by atoms with Gasteiger partial charge < -0.3 is 10.2 Å². The summed E-state index contributed by atoms with van der Waals surface area (Å²) in [7, 11) is 0. The van der Waals surface area contributed by atoms with Crippen LogP contribution in [-0.2, 0) is 22.5 Å². The molecule has 27 heavy (non-hydrogen) atoms. The van der Waals surface area contributed by atoms with Crippen molar-refractivity contribution in [1.29, 1.82) is 5.26 Å². The Labute approximate surface area is 164 Å². The van der Waals surface area contributed by atoms with Crippen LogP contribution < -0.4 is 5.32 Å². The van der Waals surface area contributed by atoms with Gasteiger partial charge in [0, 0.05) is 11.3 Å². The van der Waals surface area contributed by atoms with E-state index in [1.807, 2.05) is 0 Å². The number of carbonyl (C=O) groups excluding carboxylic acids is 1. The largest absolute Gasteiger partial charge is 0.382 e. The summed E-state index contributed by atoms with van der Waals surface area (Å²) in [6, 6.07) is 6.56. The molecule has 0 bridgehead atoms. The van der Waals surface area contributed by atoms with Crippen LogP contribution in [0.3, 0.4) is 0 Å². The molecule has 4 rings (SSSR count). The van der Waals surface area contributed by atoms with Crippen molar-refractivity contribution in [2.75, 3.05) is 5.32 Å². The zero-order valence-electron chi connectivity index (χ0n) is 14.2. The van der Waals surface area contributed by atoms with Gasteiger partial charge in [-0.25, -0.2) is 4.39 Å². The van der Waals surface area contributed by atoms with E-state index in [0.717, 1.165) is 36.1 Å². The van der Waals surface area contributed by atoms with Gasteiger partial charge in [0.25, 0.3) is 5.91 Å². The van der Waals surface area contributed by atoms with Gasteiger partial charge in [0.05, 0.1) is 21.9 Å². The number of nitrogens with zero attached hydrogens (tertiary/aromatic N) is 2. The number of nitrogens with one attached hydrogen (secondary N) is 1. The number of benzene rings is 1. The van der Waals surface area contributed by atoms with Crippen LogP contribution in [-0.4, -0.2) is 17.7 Å². The molecule has 138 valence electrons. The van der Waals surface area contributed by atoms with Crippen molar-refractivity contribution in [2.24, 2.45) is 5.16 Å². The Balaban J connectivity index is 1.50. The van der Waals surface area contributed by atoms with E-state index in [1.54, 1.807) is 6.07 Å². The SMILES string of the molecule is N#Cc1c(NC(=O)C2CC(c3c(F)cccc3Cl)=NO2)sc2c1CCCC2. The van der Waals surface area contributed by atoms with E-state index in [9.17, 15) is 14.4 Å². The Hall–Kier alpha value is -2.43. The van der Waals surface area contributed by atoms with Crippen molar-refractivity contribution in [3.63, 3.8) is 0 Å². The van der Waals surface area contributed by atoms with Gasteiger partial charge in [0.1, 0.15) is 16.9 Å². The predicted octanol–water partition coefficient (Wildman–Crippen LogP) is 4.42. The lowest BCUT2D eigenvalue weighted by molar-refractivity contribution is -0.125. The molecule has 1 aromatic carbocycles. The molecular weight excluding hydrogens is 389 g/mol. The fourth-order valence-corrected chi connectivity index (χ4v) is 4.92. The number of hydrogen-bond donors (Lipinski definition) is 1. The standard InChI is InChI=1S/C19H15ClFN3O2S/c20-12-5-3-6-13(21)17(12)14-8-15(26-24-14)18(25)23-19-11(9-22)10-4-1-2-7-16(10)27-19/h3,5-6,15H,1-2,4,7-8H2,(H,23,25). The molecule has 1 unspecified atom stereocenters. The molecule has 0 saturated heterocycles. The van der Waals surface area contributed by atoms with Crippen LogP contribution >= 0.6 is 22.9 Å². The lowest BCUT2D eigenvalue weighted by atomic mass is 9.96. The summed E-state index contributed by atoms with van der Waals surface area (Å²) >= 11 is 7.50. The van der Waals surface area contributed by atoms with Crippen LogP contribution in [0.15, 0.2) is 23.4 Å². The highest BCUT2D eigenvalue weighted by Gasteiger charge is 2.32. The van der Waals surface area contributed by atoms with E-state index in [1.165, 1.54) is 23.5 Å². The number of carbonyl (C=O) groups is 1. The molecule has 0 radical (unpaired) electrons. The number of rotatable bonds is 3. The number of fused-ring (bicyclic) bond motifs is 1. The monoisotopic (exact) mass is 403 g/mol. The summed E-state index contributed by atoms with van der Waals surface area (Å²) in [5, 5.41) is 16.9. The van der Waals surface area contributed by atoms with Crippen LogP contribution in [0.2, 0.25) is 5.02 Å².